The minimum atomic E-state index is -0.453. The molecule has 9 heteroatoms. The Morgan fingerprint density at radius 3 is 2.84 bits per heavy atom. The Hall–Kier alpha value is -1.77. The van der Waals surface area contributed by atoms with Crippen LogP contribution in [0.15, 0.2) is 28.1 Å². The Labute approximate surface area is 119 Å². The Morgan fingerprint density at radius 1 is 1.37 bits per heavy atom. The van der Waals surface area contributed by atoms with E-state index in [9.17, 15) is 10.1 Å². The van der Waals surface area contributed by atoms with E-state index in [0.717, 1.165) is 11.3 Å². The minimum absolute atomic E-state index is 0.0375. The third-order valence-electron chi connectivity index (χ3n) is 2.23. The summed E-state index contributed by atoms with van der Waals surface area (Å²) in [4.78, 5) is 15.6. The molecule has 19 heavy (non-hydrogen) atoms. The van der Waals surface area contributed by atoms with Crippen LogP contribution in [0.25, 0.3) is 21.5 Å². The van der Waals surface area contributed by atoms with Crippen LogP contribution in [0, 0.1) is 10.1 Å². The third kappa shape index (κ3) is 2.25. The second-order valence-corrected chi connectivity index (χ2v) is 5.80. The van der Waals surface area contributed by atoms with Crippen LogP contribution in [-0.4, -0.2) is 15.1 Å². The van der Waals surface area contributed by atoms with Gasteiger partial charge in [0.05, 0.1) is 14.8 Å². The molecule has 0 bridgehead atoms. The molecule has 0 fully saturated rings. The van der Waals surface area contributed by atoms with Crippen LogP contribution in [0.2, 0.25) is 5.02 Å². The fraction of sp³-hybridized carbons (Fsp3) is 0. The highest BCUT2D eigenvalue weighted by atomic mass is 35.5. The lowest BCUT2D eigenvalue weighted by Gasteiger charge is -1.86. The predicted molar refractivity (Wildman–Crippen MR) is 72.6 cm³/mol. The van der Waals surface area contributed by atoms with Crippen molar-refractivity contribution in [3.8, 4) is 21.5 Å². The molecule has 3 aromatic rings. The Balaban J connectivity index is 1.97. The first-order valence-corrected chi connectivity index (χ1v) is 7.04. The van der Waals surface area contributed by atoms with Crippen molar-refractivity contribution in [2.45, 2.75) is 0 Å². The maximum Gasteiger partial charge on any atom is 0.324 e. The fourth-order valence-electron chi connectivity index (χ4n) is 1.41. The molecule has 0 aliphatic rings. The first-order valence-electron chi connectivity index (χ1n) is 4.97. The number of nitrogens with zero attached hydrogens (tertiary/aromatic N) is 3. The summed E-state index contributed by atoms with van der Waals surface area (Å²) < 4.78 is 5.12. The van der Waals surface area contributed by atoms with Gasteiger partial charge in [-0.25, -0.2) is 0 Å². The monoisotopic (exact) mass is 313 g/mol. The van der Waals surface area contributed by atoms with E-state index < -0.39 is 4.92 Å². The molecule has 0 atom stereocenters. The molecule has 0 spiro atoms. The lowest BCUT2D eigenvalue weighted by Crippen LogP contribution is -1.80. The van der Waals surface area contributed by atoms with E-state index in [4.69, 9.17) is 16.1 Å². The number of hydrogen-bond acceptors (Lipinski definition) is 7. The lowest BCUT2D eigenvalue weighted by molar-refractivity contribution is -0.380. The molecule has 0 aliphatic carbocycles. The Kier molecular flexibility index (Phi) is 3.05. The largest absolute Gasteiger partial charge is 0.333 e. The van der Waals surface area contributed by atoms with Crippen LogP contribution in [-0.2, 0) is 0 Å². The van der Waals surface area contributed by atoms with Gasteiger partial charge in [-0.05, 0) is 17.5 Å². The maximum absolute atomic E-state index is 10.6. The maximum atomic E-state index is 10.6. The second-order valence-electron chi connectivity index (χ2n) is 3.42. The molecule has 0 radical (unpaired) electrons. The van der Waals surface area contributed by atoms with Crippen LogP contribution in [0.4, 0.5) is 5.00 Å². The van der Waals surface area contributed by atoms with E-state index >= 15 is 0 Å². The highest BCUT2D eigenvalue weighted by Crippen LogP contribution is 2.35. The summed E-state index contributed by atoms with van der Waals surface area (Å²) in [5.74, 6) is 0.628. The van der Waals surface area contributed by atoms with E-state index in [1.54, 1.807) is 12.1 Å². The van der Waals surface area contributed by atoms with Gasteiger partial charge in [-0.15, -0.1) is 11.3 Å². The molecule has 0 aliphatic heterocycles. The smallest absolute Gasteiger partial charge is 0.324 e. The van der Waals surface area contributed by atoms with Gasteiger partial charge >= 0.3 is 5.00 Å². The quantitative estimate of drug-likeness (QED) is 0.537. The summed E-state index contributed by atoms with van der Waals surface area (Å²) in [6, 6.07) is 4.74. The molecule has 0 unspecified atom stereocenters. The van der Waals surface area contributed by atoms with Crippen LogP contribution in [0.3, 0.4) is 0 Å². The molecule has 3 heterocycles. The van der Waals surface area contributed by atoms with Crippen molar-refractivity contribution in [2.24, 2.45) is 0 Å². The van der Waals surface area contributed by atoms with Crippen LogP contribution in [0.1, 0.15) is 0 Å². The molecular weight excluding hydrogens is 310 g/mol. The molecule has 3 rings (SSSR count). The van der Waals surface area contributed by atoms with Crippen molar-refractivity contribution < 1.29 is 9.45 Å². The van der Waals surface area contributed by atoms with Gasteiger partial charge in [-0.2, -0.15) is 4.98 Å². The van der Waals surface area contributed by atoms with Crippen molar-refractivity contribution >= 4 is 39.3 Å². The van der Waals surface area contributed by atoms with Gasteiger partial charge in [-0.3, -0.25) is 10.1 Å². The van der Waals surface area contributed by atoms with Gasteiger partial charge in [0.15, 0.2) is 0 Å². The number of thiophene rings is 2. The summed E-state index contributed by atoms with van der Waals surface area (Å²) in [7, 11) is 0. The SMILES string of the molecule is O=[N+]([O-])c1ccc(-c2noc(-c3sccc3Cl)n2)s1. The van der Waals surface area contributed by atoms with Crippen molar-refractivity contribution in [1.82, 2.24) is 10.1 Å². The molecule has 0 N–H and O–H groups in total. The zero-order valence-corrected chi connectivity index (χ0v) is 11.5. The third-order valence-corrected chi connectivity index (χ3v) is 4.59. The molecule has 0 amide bonds. The van der Waals surface area contributed by atoms with Crippen molar-refractivity contribution in [1.29, 1.82) is 0 Å². The molecule has 0 saturated carbocycles. The highest BCUT2D eigenvalue weighted by molar-refractivity contribution is 7.18. The molecule has 0 saturated heterocycles. The Morgan fingerprint density at radius 2 is 2.21 bits per heavy atom. The molecule has 96 valence electrons. The van der Waals surface area contributed by atoms with Gasteiger partial charge in [0, 0.05) is 6.07 Å². The zero-order chi connectivity index (χ0) is 13.4. The number of aromatic nitrogens is 2. The van der Waals surface area contributed by atoms with E-state index in [1.807, 2.05) is 5.38 Å². The topological polar surface area (TPSA) is 82.1 Å². The van der Waals surface area contributed by atoms with Gasteiger partial charge in [0.25, 0.3) is 5.89 Å². The van der Waals surface area contributed by atoms with Crippen molar-refractivity contribution in [2.75, 3.05) is 0 Å². The van der Waals surface area contributed by atoms with Gasteiger partial charge in [0.1, 0.15) is 4.88 Å². The normalized spacial score (nSPS) is 10.8. The first kappa shape index (κ1) is 12.3. The lowest BCUT2D eigenvalue weighted by atomic mass is 10.4. The standard InChI is InChI=1S/C10H4ClN3O3S2/c11-5-3-4-18-8(5)10-12-9(13-17-10)6-1-2-7(19-6)14(15)16/h1-4H. The summed E-state index contributed by atoms with van der Waals surface area (Å²) in [5.41, 5.74) is 0. The second kappa shape index (κ2) is 4.72. The van der Waals surface area contributed by atoms with Crippen LogP contribution >= 0.6 is 34.3 Å². The summed E-state index contributed by atoms with van der Waals surface area (Å²) in [5, 5.41) is 16.8. The summed E-state index contributed by atoms with van der Waals surface area (Å²) in [6.45, 7) is 0. The number of hydrogen-bond donors (Lipinski definition) is 0. The summed E-state index contributed by atoms with van der Waals surface area (Å²) in [6.07, 6.45) is 0. The highest BCUT2D eigenvalue weighted by Gasteiger charge is 2.18. The number of nitro groups is 1. The van der Waals surface area contributed by atoms with E-state index in [2.05, 4.69) is 10.1 Å². The van der Waals surface area contributed by atoms with E-state index in [0.29, 0.717) is 26.5 Å². The van der Waals surface area contributed by atoms with Crippen LogP contribution in [0.5, 0.6) is 0 Å². The minimum Gasteiger partial charge on any atom is -0.333 e. The average molecular weight is 314 g/mol. The molecular formula is C10H4ClN3O3S2. The number of rotatable bonds is 3. The molecule has 6 nitrogen and oxygen atoms in total. The predicted octanol–water partition coefficient (Wildman–Crippen LogP) is 4.09. The fourth-order valence-corrected chi connectivity index (χ4v) is 3.21. The van der Waals surface area contributed by atoms with Gasteiger partial charge in [0.2, 0.25) is 5.82 Å². The van der Waals surface area contributed by atoms with E-state index in [1.165, 1.54) is 17.4 Å². The summed E-state index contributed by atoms with van der Waals surface area (Å²) >= 11 is 8.35. The van der Waals surface area contributed by atoms with Crippen molar-refractivity contribution in [3.05, 3.63) is 38.7 Å². The van der Waals surface area contributed by atoms with Gasteiger partial charge < -0.3 is 4.52 Å². The average Bonchev–Trinajstić information content (AvgIpc) is 3.07. The first-order chi connectivity index (χ1) is 9.15. The van der Waals surface area contributed by atoms with Crippen LogP contribution < -0.4 is 0 Å². The van der Waals surface area contributed by atoms with E-state index in [-0.39, 0.29) is 5.00 Å². The Bertz CT molecular complexity index is 749. The zero-order valence-electron chi connectivity index (χ0n) is 9.07. The number of halogens is 1. The molecule has 0 aromatic carbocycles. The molecule has 3 aromatic heterocycles. The van der Waals surface area contributed by atoms with Gasteiger partial charge in [-0.1, -0.05) is 28.1 Å². The van der Waals surface area contributed by atoms with Crippen molar-refractivity contribution in [3.63, 3.8) is 0 Å².